The molecule has 1 fully saturated rings. The van der Waals surface area contributed by atoms with Crippen molar-refractivity contribution in [3.8, 4) is 0 Å². The van der Waals surface area contributed by atoms with Crippen LogP contribution in [0.2, 0.25) is 0 Å². The van der Waals surface area contributed by atoms with Crippen molar-refractivity contribution in [2.75, 3.05) is 5.75 Å². The summed E-state index contributed by atoms with van der Waals surface area (Å²) in [6, 6.07) is 4.10. The topological polar surface area (TPSA) is 20.2 Å². The first kappa shape index (κ1) is 12.8. The molecule has 1 heterocycles. The lowest BCUT2D eigenvalue weighted by atomic mass is 9.93. The van der Waals surface area contributed by atoms with Crippen LogP contribution in [0.15, 0.2) is 18.2 Å². The van der Waals surface area contributed by atoms with Crippen LogP contribution < -0.4 is 0 Å². The van der Waals surface area contributed by atoms with Crippen LogP contribution in [-0.2, 0) is 6.42 Å². The molecule has 1 aromatic rings. The number of thioether (sulfide) groups is 1. The molecule has 0 spiro atoms. The van der Waals surface area contributed by atoms with Crippen molar-refractivity contribution < 1.29 is 13.9 Å². The van der Waals surface area contributed by atoms with Crippen molar-refractivity contribution >= 4 is 11.8 Å². The molecule has 1 saturated heterocycles. The highest BCUT2D eigenvalue weighted by Gasteiger charge is 2.37. The Kier molecular flexibility index (Phi) is 3.73. The Labute approximate surface area is 104 Å². The van der Waals surface area contributed by atoms with Gasteiger partial charge in [-0.05, 0) is 37.1 Å². The van der Waals surface area contributed by atoms with Crippen LogP contribution in [0.3, 0.4) is 0 Å². The molecule has 94 valence electrons. The molecule has 1 aliphatic heterocycles. The van der Waals surface area contributed by atoms with E-state index in [1.165, 1.54) is 12.1 Å². The van der Waals surface area contributed by atoms with Crippen LogP contribution >= 0.6 is 11.8 Å². The predicted octanol–water partition coefficient (Wildman–Crippen LogP) is 3.15. The van der Waals surface area contributed by atoms with Crippen molar-refractivity contribution in [2.24, 2.45) is 0 Å². The summed E-state index contributed by atoms with van der Waals surface area (Å²) in [4.78, 5) is 0. The summed E-state index contributed by atoms with van der Waals surface area (Å²) in [5.74, 6) is -0.656. The third-order valence-electron chi connectivity index (χ3n) is 3.40. The summed E-state index contributed by atoms with van der Waals surface area (Å²) >= 11 is 1.72. The number of aliphatic hydroxyl groups is 1. The van der Waals surface area contributed by atoms with Gasteiger partial charge in [0.15, 0.2) is 11.6 Å². The second-order valence-corrected chi connectivity index (χ2v) is 6.33. The van der Waals surface area contributed by atoms with Gasteiger partial charge in [-0.15, -0.1) is 0 Å². The molecule has 1 aliphatic rings. The average Bonchev–Trinajstić information content (AvgIpc) is 2.73. The SMILES string of the molecule is CC1(C(O)Cc2cccc(F)c2F)CCCS1. The van der Waals surface area contributed by atoms with Crippen LogP contribution in [0.25, 0.3) is 0 Å². The molecule has 0 aliphatic carbocycles. The van der Waals surface area contributed by atoms with Gasteiger partial charge in [0.1, 0.15) is 0 Å². The minimum absolute atomic E-state index is 0.174. The largest absolute Gasteiger partial charge is 0.391 e. The molecule has 1 N–H and O–H groups in total. The fourth-order valence-corrected chi connectivity index (χ4v) is 3.51. The second kappa shape index (κ2) is 4.94. The molecular weight excluding hydrogens is 242 g/mol. The summed E-state index contributed by atoms with van der Waals surface area (Å²) in [6.07, 6.45) is 1.54. The van der Waals surface area contributed by atoms with Gasteiger partial charge >= 0.3 is 0 Å². The Balaban J connectivity index is 2.12. The first-order chi connectivity index (χ1) is 8.03. The van der Waals surface area contributed by atoms with Gasteiger partial charge in [-0.2, -0.15) is 11.8 Å². The second-order valence-electron chi connectivity index (χ2n) is 4.70. The van der Waals surface area contributed by atoms with Crippen molar-refractivity contribution in [3.63, 3.8) is 0 Å². The summed E-state index contributed by atoms with van der Waals surface area (Å²) < 4.78 is 26.3. The van der Waals surface area contributed by atoms with Crippen molar-refractivity contribution in [3.05, 3.63) is 35.4 Å². The maximum atomic E-state index is 13.5. The molecule has 0 bridgehead atoms. The van der Waals surface area contributed by atoms with E-state index < -0.39 is 17.7 Å². The van der Waals surface area contributed by atoms with Crippen molar-refractivity contribution in [1.82, 2.24) is 0 Å². The van der Waals surface area contributed by atoms with Gasteiger partial charge in [0.2, 0.25) is 0 Å². The van der Waals surface area contributed by atoms with Gasteiger partial charge in [0.25, 0.3) is 0 Å². The summed E-state index contributed by atoms with van der Waals surface area (Å²) in [6.45, 7) is 1.99. The molecule has 2 rings (SSSR count). The normalized spacial score (nSPS) is 26.1. The fourth-order valence-electron chi connectivity index (χ4n) is 2.19. The summed E-state index contributed by atoms with van der Waals surface area (Å²) in [5, 5.41) is 10.2. The van der Waals surface area contributed by atoms with Crippen LogP contribution in [0, 0.1) is 11.6 Å². The van der Waals surface area contributed by atoms with Crippen LogP contribution in [-0.4, -0.2) is 21.7 Å². The van der Waals surface area contributed by atoms with Gasteiger partial charge in [-0.25, -0.2) is 8.78 Å². The highest BCUT2D eigenvalue weighted by molar-refractivity contribution is 8.00. The number of hydrogen-bond acceptors (Lipinski definition) is 2. The zero-order chi connectivity index (χ0) is 12.5. The van der Waals surface area contributed by atoms with Gasteiger partial charge < -0.3 is 5.11 Å². The molecular formula is C13H16F2OS. The van der Waals surface area contributed by atoms with E-state index in [-0.39, 0.29) is 16.7 Å². The number of rotatable bonds is 3. The van der Waals surface area contributed by atoms with Gasteiger partial charge in [-0.1, -0.05) is 12.1 Å². The first-order valence-electron chi connectivity index (χ1n) is 5.78. The smallest absolute Gasteiger partial charge is 0.162 e. The monoisotopic (exact) mass is 258 g/mol. The highest BCUT2D eigenvalue weighted by Crippen LogP contribution is 2.41. The zero-order valence-electron chi connectivity index (χ0n) is 9.75. The predicted molar refractivity (Wildman–Crippen MR) is 66.2 cm³/mol. The Morgan fingerprint density at radius 2 is 2.24 bits per heavy atom. The van der Waals surface area contributed by atoms with Crippen molar-refractivity contribution in [1.29, 1.82) is 0 Å². The zero-order valence-corrected chi connectivity index (χ0v) is 10.6. The Morgan fingerprint density at radius 1 is 1.47 bits per heavy atom. The number of aliphatic hydroxyl groups excluding tert-OH is 1. The molecule has 0 radical (unpaired) electrons. The number of benzene rings is 1. The van der Waals surface area contributed by atoms with Crippen molar-refractivity contribution in [2.45, 2.75) is 37.0 Å². The first-order valence-corrected chi connectivity index (χ1v) is 6.76. The maximum absolute atomic E-state index is 13.5. The standard InChI is InChI=1S/C13H16F2OS/c1-13(6-3-7-17-13)11(16)8-9-4-2-5-10(14)12(9)15/h2,4-5,11,16H,3,6-8H2,1H3. The minimum Gasteiger partial charge on any atom is -0.391 e. The third kappa shape index (κ3) is 2.63. The van der Waals surface area contributed by atoms with Crippen LogP contribution in [0.1, 0.15) is 25.3 Å². The molecule has 0 amide bonds. The lowest BCUT2D eigenvalue weighted by molar-refractivity contribution is 0.132. The lowest BCUT2D eigenvalue weighted by Crippen LogP contribution is -2.35. The number of hydrogen-bond donors (Lipinski definition) is 1. The van der Waals surface area contributed by atoms with Gasteiger partial charge in [-0.3, -0.25) is 0 Å². The molecule has 2 unspecified atom stereocenters. The molecule has 4 heteroatoms. The average molecular weight is 258 g/mol. The Hall–Kier alpha value is -0.610. The van der Waals surface area contributed by atoms with E-state index in [2.05, 4.69) is 0 Å². The van der Waals surface area contributed by atoms with E-state index in [0.29, 0.717) is 0 Å². The van der Waals surface area contributed by atoms with E-state index in [1.54, 1.807) is 11.8 Å². The van der Waals surface area contributed by atoms with E-state index in [9.17, 15) is 13.9 Å². The quantitative estimate of drug-likeness (QED) is 0.898. The molecule has 0 saturated carbocycles. The molecule has 0 aromatic heterocycles. The number of halogens is 2. The third-order valence-corrected chi connectivity index (χ3v) is 5.03. The minimum atomic E-state index is -0.848. The Morgan fingerprint density at radius 3 is 2.88 bits per heavy atom. The van der Waals surface area contributed by atoms with Crippen LogP contribution in [0.4, 0.5) is 8.78 Å². The van der Waals surface area contributed by atoms with Gasteiger partial charge in [0.05, 0.1) is 6.10 Å². The maximum Gasteiger partial charge on any atom is 0.162 e. The fraction of sp³-hybridized carbons (Fsp3) is 0.538. The van der Waals surface area contributed by atoms with Gasteiger partial charge in [0, 0.05) is 11.2 Å². The lowest BCUT2D eigenvalue weighted by Gasteiger charge is -2.29. The van der Waals surface area contributed by atoms with E-state index in [1.807, 2.05) is 6.92 Å². The highest BCUT2D eigenvalue weighted by atomic mass is 32.2. The molecule has 17 heavy (non-hydrogen) atoms. The Bertz CT molecular complexity index is 402. The molecule has 1 nitrogen and oxygen atoms in total. The van der Waals surface area contributed by atoms with Crippen LogP contribution in [0.5, 0.6) is 0 Å². The van der Waals surface area contributed by atoms with E-state index in [0.717, 1.165) is 24.7 Å². The molecule has 1 aromatic carbocycles. The van der Waals surface area contributed by atoms with E-state index >= 15 is 0 Å². The van der Waals surface area contributed by atoms with E-state index in [4.69, 9.17) is 0 Å². The summed E-state index contributed by atoms with van der Waals surface area (Å²) in [7, 11) is 0. The molecule has 2 atom stereocenters. The summed E-state index contributed by atoms with van der Waals surface area (Å²) in [5.41, 5.74) is 0.256.